The molecule has 45 heavy (non-hydrogen) atoms. The van der Waals surface area contributed by atoms with Crippen LogP contribution in [0.5, 0.6) is 0 Å². The van der Waals surface area contributed by atoms with E-state index in [-0.39, 0.29) is 5.41 Å². The first-order valence-corrected chi connectivity index (χ1v) is 16.4. The van der Waals surface area contributed by atoms with Gasteiger partial charge in [0.1, 0.15) is 0 Å². The van der Waals surface area contributed by atoms with Crippen LogP contribution >= 0.6 is 11.3 Å². The predicted octanol–water partition coefficient (Wildman–Crippen LogP) is 12.7. The zero-order valence-corrected chi connectivity index (χ0v) is 26.1. The lowest BCUT2D eigenvalue weighted by Gasteiger charge is -2.28. The van der Waals surface area contributed by atoms with E-state index in [2.05, 4.69) is 170 Å². The molecular formula is C43H31NS. The van der Waals surface area contributed by atoms with E-state index in [4.69, 9.17) is 0 Å². The van der Waals surface area contributed by atoms with Gasteiger partial charge in [-0.25, -0.2) is 0 Å². The second-order valence-electron chi connectivity index (χ2n) is 12.6. The number of nitrogens with zero attached hydrogens (tertiary/aromatic N) is 1. The highest BCUT2D eigenvalue weighted by atomic mass is 32.1. The smallest absolute Gasteiger partial charge is 0.0468 e. The van der Waals surface area contributed by atoms with Gasteiger partial charge in [-0.15, -0.1) is 11.3 Å². The SMILES string of the molecule is CC1(C)c2ccccc2-c2cc(N(c3cccc(-c4ccccc4)c3)c3ccc4cc5sc6ccccc6c5cc4c3)ccc21. The van der Waals surface area contributed by atoms with Crippen molar-refractivity contribution < 1.29 is 0 Å². The van der Waals surface area contributed by atoms with Crippen molar-refractivity contribution in [3.8, 4) is 22.3 Å². The summed E-state index contributed by atoms with van der Waals surface area (Å²) in [5, 5.41) is 5.17. The lowest BCUT2D eigenvalue weighted by Crippen LogP contribution is -2.15. The molecular weight excluding hydrogens is 563 g/mol. The Hall–Kier alpha value is -5.18. The summed E-state index contributed by atoms with van der Waals surface area (Å²) < 4.78 is 2.67. The molecule has 1 nitrogen and oxygen atoms in total. The minimum absolute atomic E-state index is 0.0276. The van der Waals surface area contributed by atoms with Crippen molar-refractivity contribution in [2.24, 2.45) is 0 Å². The van der Waals surface area contributed by atoms with E-state index < -0.39 is 0 Å². The van der Waals surface area contributed by atoms with Gasteiger partial charge >= 0.3 is 0 Å². The fourth-order valence-corrected chi connectivity index (χ4v) is 8.48. The Bertz CT molecular complexity index is 2410. The Kier molecular flexibility index (Phi) is 5.78. The molecule has 1 heterocycles. The molecule has 214 valence electrons. The van der Waals surface area contributed by atoms with Crippen molar-refractivity contribution in [3.63, 3.8) is 0 Å². The van der Waals surface area contributed by atoms with Crippen LogP contribution in [0, 0.1) is 0 Å². The van der Waals surface area contributed by atoms with Crippen molar-refractivity contribution in [2.75, 3.05) is 4.90 Å². The van der Waals surface area contributed by atoms with Gasteiger partial charge in [-0.05, 0) is 98.8 Å². The molecule has 0 N–H and O–H groups in total. The number of hydrogen-bond donors (Lipinski definition) is 0. The summed E-state index contributed by atoms with van der Waals surface area (Å²) in [6.07, 6.45) is 0. The molecule has 0 unspecified atom stereocenters. The Morgan fingerprint density at radius 3 is 2.07 bits per heavy atom. The quantitative estimate of drug-likeness (QED) is 0.196. The van der Waals surface area contributed by atoms with Gasteiger partial charge in [-0.1, -0.05) is 111 Å². The molecule has 0 saturated carbocycles. The molecule has 0 atom stereocenters. The van der Waals surface area contributed by atoms with E-state index in [9.17, 15) is 0 Å². The molecule has 1 aliphatic carbocycles. The van der Waals surface area contributed by atoms with Crippen LogP contribution in [0.1, 0.15) is 25.0 Å². The molecule has 0 saturated heterocycles. The molecule has 1 aromatic heterocycles. The second kappa shape index (κ2) is 9.92. The third-order valence-corrected chi connectivity index (χ3v) is 10.7. The third kappa shape index (κ3) is 4.13. The maximum atomic E-state index is 2.43. The highest BCUT2D eigenvalue weighted by molar-refractivity contribution is 7.25. The number of hydrogen-bond acceptors (Lipinski definition) is 2. The summed E-state index contributed by atoms with van der Waals surface area (Å²) >= 11 is 1.88. The molecule has 9 rings (SSSR count). The van der Waals surface area contributed by atoms with Gasteiger partial charge in [-0.2, -0.15) is 0 Å². The van der Waals surface area contributed by atoms with E-state index in [1.54, 1.807) is 0 Å². The van der Waals surface area contributed by atoms with E-state index in [0.717, 1.165) is 17.1 Å². The van der Waals surface area contributed by atoms with Crippen LogP contribution in [-0.4, -0.2) is 0 Å². The number of thiophene rings is 1. The molecule has 0 aliphatic heterocycles. The highest BCUT2D eigenvalue weighted by Gasteiger charge is 2.35. The van der Waals surface area contributed by atoms with Gasteiger partial charge in [0, 0.05) is 42.6 Å². The van der Waals surface area contributed by atoms with Crippen molar-refractivity contribution in [1.82, 2.24) is 0 Å². The van der Waals surface area contributed by atoms with Gasteiger partial charge < -0.3 is 4.90 Å². The number of fused-ring (bicyclic) bond motifs is 7. The monoisotopic (exact) mass is 593 g/mol. The predicted molar refractivity (Wildman–Crippen MR) is 195 cm³/mol. The van der Waals surface area contributed by atoms with Crippen LogP contribution < -0.4 is 4.90 Å². The van der Waals surface area contributed by atoms with E-state index in [1.807, 2.05) is 11.3 Å². The van der Waals surface area contributed by atoms with Gasteiger partial charge in [0.2, 0.25) is 0 Å². The Labute approximate surface area is 267 Å². The fourth-order valence-electron chi connectivity index (χ4n) is 7.34. The fraction of sp³-hybridized carbons (Fsp3) is 0.0698. The molecule has 1 aliphatic rings. The van der Waals surface area contributed by atoms with Crippen molar-refractivity contribution in [1.29, 1.82) is 0 Å². The summed E-state index contributed by atoms with van der Waals surface area (Å²) in [6.45, 7) is 4.69. The first-order valence-electron chi connectivity index (χ1n) is 15.6. The maximum absolute atomic E-state index is 2.43. The first kappa shape index (κ1) is 26.2. The van der Waals surface area contributed by atoms with Crippen molar-refractivity contribution >= 4 is 59.3 Å². The van der Waals surface area contributed by atoms with Crippen LogP contribution in [0.4, 0.5) is 17.1 Å². The first-order chi connectivity index (χ1) is 22.0. The minimum Gasteiger partial charge on any atom is -0.310 e. The van der Waals surface area contributed by atoms with Gasteiger partial charge in [0.15, 0.2) is 0 Å². The zero-order chi connectivity index (χ0) is 30.1. The van der Waals surface area contributed by atoms with Crippen LogP contribution in [-0.2, 0) is 5.41 Å². The molecule has 0 radical (unpaired) electrons. The second-order valence-corrected chi connectivity index (χ2v) is 13.7. The van der Waals surface area contributed by atoms with Crippen LogP contribution in [0.25, 0.3) is 53.2 Å². The number of rotatable bonds is 4. The minimum atomic E-state index is -0.0276. The molecule has 2 heteroatoms. The molecule has 8 aromatic rings. The van der Waals surface area contributed by atoms with E-state index in [1.165, 1.54) is 64.3 Å². The summed E-state index contributed by atoms with van der Waals surface area (Å²) in [4.78, 5) is 2.43. The summed E-state index contributed by atoms with van der Waals surface area (Å²) in [6, 6.07) is 56.0. The average molecular weight is 594 g/mol. The molecule has 0 amide bonds. The summed E-state index contributed by atoms with van der Waals surface area (Å²) in [5.74, 6) is 0. The standard InChI is InChI=1S/C43H31NS/c1-43(2)39-17-8-6-15-35(39)37-27-34(21-22-40(37)43)44(32-14-10-13-29(23-32)28-11-4-3-5-12-28)33-20-19-30-26-42-38(25-31(30)24-33)36-16-7-9-18-41(36)45-42/h3-27H,1-2H3. The van der Waals surface area contributed by atoms with Crippen LogP contribution in [0.3, 0.4) is 0 Å². The van der Waals surface area contributed by atoms with E-state index in [0.29, 0.717) is 0 Å². The van der Waals surface area contributed by atoms with Crippen molar-refractivity contribution in [2.45, 2.75) is 19.3 Å². The number of anilines is 3. The van der Waals surface area contributed by atoms with Gasteiger partial charge in [-0.3, -0.25) is 0 Å². The van der Waals surface area contributed by atoms with Crippen LogP contribution in [0.15, 0.2) is 152 Å². The molecule has 0 bridgehead atoms. The lowest BCUT2D eigenvalue weighted by atomic mass is 9.82. The van der Waals surface area contributed by atoms with Gasteiger partial charge in [0.25, 0.3) is 0 Å². The Morgan fingerprint density at radius 1 is 0.444 bits per heavy atom. The number of benzene rings is 7. The Morgan fingerprint density at radius 2 is 1.16 bits per heavy atom. The third-order valence-electron chi connectivity index (χ3n) is 9.61. The molecule has 0 spiro atoms. The van der Waals surface area contributed by atoms with E-state index >= 15 is 0 Å². The maximum Gasteiger partial charge on any atom is 0.0468 e. The molecule has 7 aromatic carbocycles. The normalized spacial score (nSPS) is 13.3. The summed E-state index contributed by atoms with van der Waals surface area (Å²) in [5.41, 5.74) is 11.3. The largest absolute Gasteiger partial charge is 0.310 e. The average Bonchev–Trinajstić information content (AvgIpc) is 3.55. The zero-order valence-electron chi connectivity index (χ0n) is 25.3. The highest BCUT2D eigenvalue weighted by Crippen LogP contribution is 2.51. The molecule has 0 fully saturated rings. The van der Waals surface area contributed by atoms with Crippen molar-refractivity contribution in [3.05, 3.63) is 163 Å². The topological polar surface area (TPSA) is 3.24 Å². The van der Waals surface area contributed by atoms with Gasteiger partial charge in [0.05, 0.1) is 0 Å². The lowest BCUT2D eigenvalue weighted by molar-refractivity contribution is 0.660. The van der Waals surface area contributed by atoms with Crippen LogP contribution in [0.2, 0.25) is 0 Å². The summed E-state index contributed by atoms with van der Waals surface area (Å²) in [7, 11) is 0. The Balaban J connectivity index is 1.26.